The highest BCUT2D eigenvalue weighted by Crippen LogP contribution is 2.30. The molecule has 1 aliphatic rings. The van der Waals surface area contributed by atoms with Crippen LogP contribution in [-0.4, -0.2) is 26.3 Å². The van der Waals surface area contributed by atoms with Crippen LogP contribution in [0.5, 0.6) is 0 Å². The van der Waals surface area contributed by atoms with E-state index in [1.165, 1.54) is 19.4 Å². The van der Waals surface area contributed by atoms with Gasteiger partial charge in [0.2, 0.25) is 0 Å². The predicted molar refractivity (Wildman–Crippen MR) is 46.7 cm³/mol. The molecule has 1 rings (SSSR count). The minimum absolute atomic E-state index is 0.354. The molecule has 1 aliphatic heterocycles. The van der Waals surface area contributed by atoms with Crippen LogP contribution in [0.25, 0.3) is 0 Å². The fourth-order valence-electron chi connectivity index (χ4n) is 1.71. The summed E-state index contributed by atoms with van der Waals surface area (Å²) in [5, 5.41) is 3.41. The van der Waals surface area contributed by atoms with E-state index in [0.29, 0.717) is 11.5 Å². The van der Waals surface area contributed by atoms with E-state index in [0.717, 1.165) is 6.54 Å². The fourth-order valence-corrected chi connectivity index (χ4v) is 1.71. The summed E-state index contributed by atoms with van der Waals surface area (Å²) in [4.78, 5) is 0. The van der Waals surface area contributed by atoms with Gasteiger partial charge in [0.05, 0.1) is 6.10 Å². The van der Waals surface area contributed by atoms with Crippen molar-refractivity contribution < 1.29 is 4.74 Å². The molecule has 1 saturated heterocycles. The number of hydrogen-bond acceptors (Lipinski definition) is 2. The zero-order valence-corrected chi connectivity index (χ0v) is 7.81. The van der Waals surface area contributed by atoms with Crippen LogP contribution in [0.4, 0.5) is 0 Å². The van der Waals surface area contributed by atoms with Gasteiger partial charge in [-0.3, -0.25) is 0 Å². The Kier molecular flexibility index (Phi) is 2.90. The maximum absolute atomic E-state index is 5.35. The molecule has 2 atom stereocenters. The number of methoxy groups -OCH3 is 1. The number of piperidine rings is 1. The molecule has 0 aromatic rings. The Morgan fingerprint density at radius 2 is 2.27 bits per heavy atom. The second kappa shape index (κ2) is 3.55. The Morgan fingerprint density at radius 3 is 2.73 bits per heavy atom. The van der Waals surface area contributed by atoms with Gasteiger partial charge in [-0.15, -0.1) is 0 Å². The molecule has 0 radical (unpaired) electrons. The Balaban J connectivity index is 2.49. The number of nitrogens with one attached hydrogen (secondary N) is 1. The molecule has 2 nitrogen and oxygen atoms in total. The first-order chi connectivity index (χ1) is 5.19. The van der Waals surface area contributed by atoms with Gasteiger partial charge in [0.1, 0.15) is 0 Å². The fraction of sp³-hybridized carbons (Fsp3) is 1.00. The average molecular weight is 157 g/mol. The molecule has 0 amide bonds. The predicted octanol–water partition coefficient (Wildman–Crippen LogP) is 1.41. The van der Waals surface area contributed by atoms with E-state index in [2.05, 4.69) is 19.2 Å². The summed E-state index contributed by atoms with van der Waals surface area (Å²) in [5.74, 6) is 0. The SMILES string of the molecule is COC(C)C1(C)CCCNC1. The third-order valence-corrected chi connectivity index (χ3v) is 2.97. The van der Waals surface area contributed by atoms with Crippen LogP contribution in [0.3, 0.4) is 0 Å². The molecule has 1 fully saturated rings. The van der Waals surface area contributed by atoms with Crippen LogP contribution in [-0.2, 0) is 4.74 Å². The topological polar surface area (TPSA) is 21.3 Å². The molecule has 0 saturated carbocycles. The van der Waals surface area contributed by atoms with Crippen LogP contribution in [0.15, 0.2) is 0 Å². The Morgan fingerprint density at radius 1 is 1.55 bits per heavy atom. The molecule has 0 aromatic carbocycles. The van der Waals surface area contributed by atoms with Gasteiger partial charge < -0.3 is 10.1 Å². The summed E-state index contributed by atoms with van der Waals surface area (Å²) in [7, 11) is 1.80. The van der Waals surface area contributed by atoms with E-state index in [9.17, 15) is 0 Å². The lowest BCUT2D eigenvalue weighted by Crippen LogP contribution is -2.45. The zero-order chi connectivity index (χ0) is 8.32. The molecule has 1 heterocycles. The lowest BCUT2D eigenvalue weighted by Gasteiger charge is -2.38. The van der Waals surface area contributed by atoms with Crippen molar-refractivity contribution in [2.75, 3.05) is 20.2 Å². The normalized spacial score (nSPS) is 35.2. The van der Waals surface area contributed by atoms with Crippen LogP contribution in [0.2, 0.25) is 0 Å². The first kappa shape index (κ1) is 9.01. The van der Waals surface area contributed by atoms with Crippen molar-refractivity contribution in [2.24, 2.45) is 5.41 Å². The number of ether oxygens (including phenoxy) is 1. The summed E-state index contributed by atoms with van der Waals surface area (Å²) in [6.07, 6.45) is 2.94. The van der Waals surface area contributed by atoms with E-state index in [-0.39, 0.29) is 0 Å². The standard InChI is InChI=1S/C9H19NO/c1-8(11-3)9(2)5-4-6-10-7-9/h8,10H,4-7H2,1-3H3. The van der Waals surface area contributed by atoms with Crippen molar-refractivity contribution in [3.63, 3.8) is 0 Å². The second-order valence-electron chi connectivity index (χ2n) is 3.81. The quantitative estimate of drug-likeness (QED) is 0.654. The molecule has 0 spiro atoms. The molecule has 0 bridgehead atoms. The Labute approximate surface area is 69.3 Å². The zero-order valence-electron chi connectivity index (χ0n) is 7.81. The maximum Gasteiger partial charge on any atom is 0.0608 e. The molecule has 1 N–H and O–H groups in total. The van der Waals surface area contributed by atoms with Gasteiger partial charge in [-0.05, 0) is 26.3 Å². The van der Waals surface area contributed by atoms with Crippen molar-refractivity contribution in [1.82, 2.24) is 5.32 Å². The summed E-state index contributed by atoms with van der Waals surface area (Å²) >= 11 is 0. The molecule has 0 aliphatic carbocycles. The highest BCUT2D eigenvalue weighted by atomic mass is 16.5. The van der Waals surface area contributed by atoms with Gasteiger partial charge in [0, 0.05) is 19.1 Å². The monoisotopic (exact) mass is 157 g/mol. The largest absolute Gasteiger partial charge is 0.381 e. The molecule has 66 valence electrons. The summed E-state index contributed by atoms with van der Waals surface area (Å²) in [6, 6.07) is 0. The van der Waals surface area contributed by atoms with Crippen LogP contribution < -0.4 is 5.32 Å². The minimum atomic E-state index is 0.354. The Bertz CT molecular complexity index is 119. The van der Waals surface area contributed by atoms with E-state index in [4.69, 9.17) is 4.74 Å². The minimum Gasteiger partial charge on any atom is -0.381 e. The van der Waals surface area contributed by atoms with Crippen molar-refractivity contribution >= 4 is 0 Å². The van der Waals surface area contributed by atoms with Crippen LogP contribution in [0.1, 0.15) is 26.7 Å². The van der Waals surface area contributed by atoms with E-state index in [1.807, 2.05) is 0 Å². The molecule has 0 aromatic heterocycles. The van der Waals surface area contributed by atoms with Crippen molar-refractivity contribution in [3.05, 3.63) is 0 Å². The molecular formula is C9H19NO. The highest BCUT2D eigenvalue weighted by molar-refractivity contribution is 4.86. The van der Waals surface area contributed by atoms with E-state index >= 15 is 0 Å². The summed E-state index contributed by atoms with van der Waals surface area (Å²) in [6.45, 7) is 6.73. The third-order valence-electron chi connectivity index (χ3n) is 2.97. The van der Waals surface area contributed by atoms with Crippen LogP contribution >= 0.6 is 0 Å². The van der Waals surface area contributed by atoms with Gasteiger partial charge in [-0.25, -0.2) is 0 Å². The summed E-state index contributed by atoms with van der Waals surface area (Å²) in [5.41, 5.74) is 0.354. The number of rotatable bonds is 2. The first-order valence-electron chi connectivity index (χ1n) is 4.42. The first-order valence-corrected chi connectivity index (χ1v) is 4.42. The van der Waals surface area contributed by atoms with Gasteiger partial charge in [0.25, 0.3) is 0 Å². The summed E-state index contributed by atoms with van der Waals surface area (Å²) < 4.78 is 5.35. The van der Waals surface area contributed by atoms with E-state index < -0.39 is 0 Å². The third kappa shape index (κ3) is 1.94. The van der Waals surface area contributed by atoms with Gasteiger partial charge in [-0.1, -0.05) is 6.92 Å². The lowest BCUT2D eigenvalue weighted by molar-refractivity contribution is -0.00321. The van der Waals surface area contributed by atoms with Crippen molar-refractivity contribution in [3.8, 4) is 0 Å². The molecular weight excluding hydrogens is 138 g/mol. The van der Waals surface area contributed by atoms with E-state index in [1.54, 1.807) is 7.11 Å². The molecule has 11 heavy (non-hydrogen) atoms. The molecule has 2 heteroatoms. The Hall–Kier alpha value is -0.0800. The van der Waals surface area contributed by atoms with Crippen molar-refractivity contribution in [1.29, 1.82) is 0 Å². The van der Waals surface area contributed by atoms with Gasteiger partial charge >= 0.3 is 0 Å². The van der Waals surface area contributed by atoms with Crippen molar-refractivity contribution in [2.45, 2.75) is 32.8 Å². The lowest BCUT2D eigenvalue weighted by atomic mass is 9.78. The maximum atomic E-state index is 5.35. The second-order valence-corrected chi connectivity index (χ2v) is 3.81. The average Bonchev–Trinajstić information content (AvgIpc) is 2.04. The molecule has 2 unspecified atom stereocenters. The smallest absolute Gasteiger partial charge is 0.0608 e. The van der Waals surface area contributed by atoms with Gasteiger partial charge in [0.15, 0.2) is 0 Å². The van der Waals surface area contributed by atoms with Crippen LogP contribution in [0, 0.1) is 5.41 Å². The number of hydrogen-bond donors (Lipinski definition) is 1. The highest BCUT2D eigenvalue weighted by Gasteiger charge is 2.32. The van der Waals surface area contributed by atoms with Gasteiger partial charge in [-0.2, -0.15) is 0 Å².